The monoisotopic (exact) mass is 318 g/mol. The van der Waals surface area contributed by atoms with Crippen LogP contribution in [0.25, 0.3) is 0 Å². The SMILES string of the molecule is N#Cc1cccc(Cl)c1N1C[C@@H](C(F)(F)F)[C@H](C(=O)O)C1. The van der Waals surface area contributed by atoms with Gasteiger partial charge in [-0.25, -0.2) is 0 Å². The molecule has 1 aliphatic heterocycles. The van der Waals surface area contributed by atoms with E-state index in [9.17, 15) is 18.0 Å². The van der Waals surface area contributed by atoms with Gasteiger partial charge in [-0.1, -0.05) is 17.7 Å². The van der Waals surface area contributed by atoms with Crippen molar-refractivity contribution in [2.24, 2.45) is 11.8 Å². The summed E-state index contributed by atoms with van der Waals surface area (Å²) in [5.41, 5.74) is 0.272. The highest BCUT2D eigenvalue weighted by atomic mass is 35.5. The predicted molar refractivity (Wildman–Crippen MR) is 69.1 cm³/mol. The van der Waals surface area contributed by atoms with Crippen LogP contribution in [0, 0.1) is 23.2 Å². The summed E-state index contributed by atoms with van der Waals surface area (Å²) in [4.78, 5) is 12.3. The van der Waals surface area contributed by atoms with Crippen molar-refractivity contribution in [3.8, 4) is 6.07 Å². The summed E-state index contributed by atoms with van der Waals surface area (Å²) in [6.07, 6.45) is -4.62. The summed E-state index contributed by atoms with van der Waals surface area (Å²) in [6.45, 7) is -0.864. The maximum atomic E-state index is 13.0. The maximum absolute atomic E-state index is 13.0. The number of halogens is 4. The fourth-order valence-corrected chi connectivity index (χ4v) is 2.79. The van der Waals surface area contributed by atoms with E-state index in [0.29, 0.717) is 0 Å². The molecule has 2 rings (SSSR count). The molecule has 1 fully saturated rings. The number of hydrogen-bond donors (Lipinski definition) is 1. The van der Waals surface area contributed by atoms with Gasteiger partial charge in [0.1, 0.15) is 6.07 Å². The molecule has 4 nitrogen and oxygen atoms in total. The van der Waals surface area contributed by atoms with Crippen LogP contribution in [-0.4, -0.2) is 30.3 Å². The van der Waals surface area contributed by atoms with Gasteiger partial charge in [-0.15, -0.1) is 0 Å². The molecule has 1 heterocycles. The standard InChI is InChI=1S/C13H10ClF3N2O2/c14-10-3-1-2-7(4-18)11(10)19-5-8(12(20)21)9(6-19)13(15,16)17/h1-3,8-9H,5-6H2,(H,20,21)/t8-,9-/m1/s1. The number of para-hydroxylation sites is 1. The van der Waals surface area contributed by atoms with E-state index < -0.39 is 30.5 Å². The maximum Gasteiger partial charge on any atom is 0.394 e. The fraction of sp³-hybridized carbons (Fsp3) is 0.385. The van der Waals surface area contributed by atoms with Crippen molar-refractivity contribution in [1.29, 1.82) is 5.26 Å². The lowest BCUT2D eigenvalue weighted by atomic mass is 9.96. The molecule has 1 saturated heterocycles. The molecule has 0 bridgehead atoms. The molecule has 0 aromatic heterocycles. The smallest absolute Gasteiger partial charge is 0.394 e. The van der Waals surface area contributed by atoms with Crippen LogP contribution in [0.2, 0.25) is 5.02 Å². The lowest BCUT2D eigenvalue weighted by molar-refractivity contribution is -0.187. The first-order chi connectivity index (χ1) is 9.75. The van der Waals surface area contributed by atoms with E-state index in [4.69, 9.17) is 22.0 Å². The van der Waals surface area contributed by atoms with Crippen LogP contribution in [-0.2, 0) is 4.79 Å². The van der Waals surface area contributed by atoms with Crippen LogP contribution in [0.15, 0.2) is 18.2 Å². The van der Waals surface area contributed by atoms with Gasteiger partial charge >= 0.3 is 12.1 Å². The highest BCUT2D eigenvalue weighted by Gasteiger charge is 2.53. The molecular weight excluding hydrogens is 309 g/mol. The van der Waals surface area contributed by atoms with Crippen LogP contribution in [0.3, 0.4) is 0 Å². The van der Waals surface area contributed by atoms with Crippen LogP contribution in [0.5, 0.6) is 0 Å². The van der Waals surface area contributed by atoms with Crippen molar-refractivity contribution >= 4 is 23.3 Å². The number of aliphatic carboxylic acids is 1. The van der Waals surface area contributed by atoms with E-state index in [2.05, 4.69) is 0 Å². The topological polar surface area (TPSA) is 64.3 Å². The van der Waals surface area contributed by atoms with E-state index in [1.165, 1.54) is 23.1 Å². The average Bonchev–Trinajstić information content (AvgIpc) is 2.83. The average molecular weight is 319 g/mol. The first-order valence-electron chi connectivity index (χ1n) is 5.98. The highest BCUT2D eigenvalue weighted by Crippen LogP contribution is 2.41. The third-order valence-corrected chi connectivity index (χ3v) is 3.79. The van der Waals surface area contributed by atoms with E-state index in [1.54, 1.807) is 0 Å². The summed E-state index contributed by atoms with van der Waals surface area (Å²) < 4.78 is 38.9. The number of nitrogens with zero attached hydrogens (tertiary/aromatic N) is 2. The number of benzene rings is 1. The number of alkyl halides is 3. The largest absolute Gasteiger partial charge is 0.481 e. The Morgan fingerprint density at radius 3 is 2.57 bits per heavy atom. The highest BCUT2D eigenvalue weighted by molar-refractivity contribution is 6.33. The molecule has 2 atom stereocenters. The number of carboxylic acids is 1. The third-order valence-electron chi connectivity index (χ3n) is 3.48. The Hall–Kier alpha value is -1.94. The van der Waals surface area contributed by atoms with Crippen LogP contribution >= 0.6 is 11.6 Å². The molecule has 0 aliphatic carbocycles. The molecule has 0 unspecified atom stereocenters. The van der Waals surface area contributed by atoms with E-state index >= 15 is 0 Å². The molecule has 21 heavy (non-hydrogen) atoms. The Kier molecular flexibility index (Phi) is 4.01. The van der Waals surface area contributed by atoms with Crippen molar-refractivity contribution < 1.29 is 23.1 Å². The number of nitriles is 1. The quantitative estimate of drug-likeness (QED) is 0.910. The molecule has 0 radical (unpaired) electrons. The van der Waals surface area contributed by atoms with E-state index in [1.807, 2.05) is 6.07 Å². The van der Waals surface area contributed by atoms with Gasteiger partial charge in [-0.3, -0.25) is 4.79 Å². The van der Waals surface area contributed by atoms with E-state index in [0.717, 1.165) is 0 Å². The minimum absolute atomic E-state index is 0.120. The summed E-state index contributed by atoms with van der Waals surface area (Å²) in [7, 11) is 0. The van der Waals surface area contributed by atoms with Gasteiger partial charge in [0, 0.05) is 13.1 Å². The van der Waals surface area contributed by atoms with Crippen molar-refractivity contribution in [2.45, 2.75) is 6.18 Å². The first-order valence-corrected chi connectivity index (χ1v) is 6.36. The summed E-state index contributed by atoms with van der Waals surface area (Å²) in [5, 5.41) is 18.1. The van der Waals surface area contributed by atoms with Gasteiger partial charge < -0.3 is 10.0 Å². The van der Waals surface area contributed by atoms with Gasteiger partial charge in [0.15, 0.2) is 0 Å². The van der Waals surface area contributed by atoms with Gasteiger partial charge in [-0.05, 0) is 12.1 Å². The lowest BCUT2D eigenvalue weighted by Gasteiger charge is -2.21. The first kappa shape index (κ1) is 15.4. The van der Waals surface area contributed by atoms with Gasteiger partial charge in [0.2, 0.25) is 0 Å². The number of anilines is 1. The molecule has 0 amide bonds. The molecule has 0 saturated carbocycles. The molecule has 112 valence electrons. The third kappa shape index (κ3) is 2.90. The molecule has 8 heteroatoms. The zero-order chi connectivity index (χ0) is 15.8. The second-order valence-corrected chi connectivity index (χ2v) is 5.15. The van der Waals surface area contributed by atoms with Gasteiger partial charge in [0.25, 0.3) is 0 Å². The van der Waals surface area contributed by atoms with Crippen molar-refractivity contribution in [3.05, 3.63) is 28.8 Å². The minimum Gasteiger partial charge on any atom is -0.481 e. The zero-order valence-electron chi connectivity index (χ0n) is 10.6. The van der Waals surface area contributed by atoms with Crippen LogP contribution in [0.4, 0.5) is 18.9 Å². The van der Waals surface area contributed by atoms with E-state index in [-0.39, 0.29) is 22.8 Å². The molecule has 1 aromatic rings. The van der Waals surface area contributed by atoms with Gasteiger partial charge in [0.05, 0.1) is 28.1 Å². The Labute approximate surface area is 123 Å². The molecule has 1 N–H and O–H groups in total. The normalized spacial score (nSPS) is 22.1. The Morgan fingerprint density at radius 2 is 2.10 bits per heavy atom. The zero-order valence-corrected chi connectivity index (χ0v) is 11.3. The van der Waals surface area contributed by atoms with Crippen molar-refractivity contribution in [1.82, 2.24) is 0 Å². The molecular formula is C13H10ClF3N2O2. The number of carbonyl (C=O) groups is 1. The predicted octanol–water partition coefficient (Wildman–Crippen LogP) is 2.91. The Balaban J connectivity index is 2.41. The number of carboxylic acid groups (broad SMARTS) is 1. The number of hydrogen-bond acceptors (Lipinski definition) is 3. The van der Waals surface area contributed by atoms with Crippen LogP contribution < -0.4 is 4.90 Å². The Bertz CT molecular complexity index is 612. The fourth-order valence-electron chi connectivity index (χ4n) is 2.50. The number of rotatable bonds is 2. The summed E-state index contributed by atoms with van der Waals surface area (Å²) in [6, 6.07) is 6.25. The van der Waals surface area contributed by atoms with Crippen molar-refractivity contribution in [2.75, 3.05) is 18.0 Å². The summed E-state index contributed by atoms with van der Waals surface area (Å²) >= 11 is 5.96. The Morgan fingerprint density at radius 1 is 1.43 bits per heavy atom. The molecule has 0 spiro atoms. The second kappa shape index (κ2) is 5.45. The van der Waals surface area contributed by atoms with Crippen LogP contribution in [0.1, 0.15) is 5.56 Å². The lowest BCUT2D eigenvalue weighted by Crippen LogP contribution is -2.33. The summed E-state index contributed by atoms with van der Waals surface area (Å²) in [5.74, 6) is -5.07. The second-order valence-electron chi connectivity index (χ2n) is 4.75. The van der Waals surface area contributed by atoms with Crippen molar-refractivity contribution in [3.63, 3.8) is 0 Å². The minimum atomic E-state index is -4.62. The van der Waals surface area contributed by atoms with Gasteiger partial charge in [-0.2, -0.15) is 18.4 Å². The molecule has 1 aliphatic rings. The molecule has 1 aromatic carbocycles.